The molecule has 4 heteroatoms. The summed E-state index contributed by atoms with van der Waals surface area (Å²) in [5, 5.41) is 2.10. The minimum atomic E-state index is -0.355. The van der Waals surface area contributed by atoms with Gasteiger partial charge in [0.2, 0.25) is 0 Å². The molecule has 4 nitrogen and oxygen atoms in total. The van der Waals surface area contributed by atoms with Crippen molar-refractivity contribution in [3.63, 3.8) is 0 Å². The molecule has 1 aromatic heterocycles. The first-order chi connectivity index (χ1) is 31.1. The molecule has 12 rings (SSSR count). The summed E-state index contributed by atoms with van der Waals surface area (Å²) in [6.45, 7) is 2.02. The number of para-hydroxylation sites is 1. The van der Waals surface area contributed by atoms with Crippen LogP contribution in [0.3, 0.4) is 0 Å². The Hall–Kier alpha value is -7.56. The van der Waals surface area contributed by atoms with Gasteiger partial charge in [-0.25, -0.2) is 9.98 Å². The zero-order chi connectivity index (χ0) is 42.1. The van der Waals surface area contributed by atoms with E-state index in [1.54, 1.807) is 0 Å². The average molecular weight is 812 g/mol. The number of amidine groups is 2. The standard InChI is InChI=1S/C59H45N3O/c1-2-52(37-17-4-3-5-18-37)61-58(40-32-34-54-47(36-40)44-23-11-15-29-53(44)63-54)62-55(60)30-16-19-38-35-39-31-33-51-57(56(39)45-24-7-6-20-41(38)45)46-25-10-14-28-50(46)59(51)48-26-12-8-21-42(48)43-22-9-13-27-49(43)59/h2-15,17-18,20-29,31-34,36,38H,16,19,30,35H2,1H3,(H2,60,61,62)/b52-2-. The van der Waals surface area contributed by atoms with Crippen LogP contribution in [0, 0.1) is 0 Å². The zero-order valence-electron chi connectivity index (χ0n) is 35.2. The Labute approximate surface area is 367 Å². The summed E-state index contributed by atoms with van der Waals surface area (Å²) in [5.41, 5.74) is 27.5. The molecule has 9 aromatic rings. The predicted octanol–water partition coefficient (Wildman–Crippen LogP) is 14.3. The number of nitrogens with two attached hydrogens (primary N) is 1. The lowest BCUT2D eigenvalue weighted by Gasteiger charge is -2.33. The second kappa shape index (κ2) is 14.8. The molecule has 0 radical (unpaired) electrons. The Morgan fingerprint density at radius 1 is 0.587 bits per heavy atom. The lowest BCUT2D eigenvalue weighted by Crippen LogP contribution is -2.26. The number of furan rings is 1. The molecule has 0 saturated carbocycles. The fourth-order valence-electron chi connectivity index (χ4n) is 11.2. The maximum atomic E-state index is 6.90. The third kappa shape index (κ3) is 5.74. The van der Waals surface area contributed by atoms with Crippen LogP contribution in [0.1, 0.15) is 76.6 Å². The second-order valence-corrected chi connectivity index (χ2v) is 17.2. The van der Waals surface area contributed by atoms with Gasteiger partial charge in [0.1, 0.15) is 17.0 Å². The third-order valence-electron chi connectivity index (χ3n) is 13.8. The first-order valence-electron chi connectivity index (χ1n) is 22.2. The molecule has 1 heterocycles. The van der Waals surface area contributed by atoms with Gasteiger partial charge >= 0.3 is 0 Å². The summed E-state index contributed by atoms with van der Waals surface area (Å²) in [6.07, 6.45) is 5.57. The van der Waals surface area contributed by atoms with E-state index >= 15 is 0 Å². The van der Waals surface area contributed by atoms with Crippen LogP contribution >= 0.6 is 0 Å². The van der Waals surface area contributed by atoms with Crippen molar-refractivity contribution in [3.05, 3.63) is 233 Å². The summed E-state index contributed by atoms with van der Waals surface area (Å²) in [4.78, 5) is 10.3. The maximum absolute atomic E-state index is 6.90. The van der Waals surface area contributed by atoms with E-state index in [9.17, 15) is 0 Å². The lowest BCUT2D eigenvalue weighted by molar-refractivity contribution is 0.593. The zero-order valence-corrected chi connectivity index (χ0v) is 35.2. The van der Waals surface area contributed by atoms with E-state index in [4.69, 9.17) is 20.1 Å². The summed E-state index contributed by atoms with van der Waals surface area (Å²) in [5.74, 6) is 1.53. The van der Waals surface area contributed by atoms with E-state index in [0.717, 1.165) is 58.0 Å². The van der Waals surface area contributed by atoms with Gasteiger partial charge in [-0.1, -0.05) is 164 Å². The highest BCUT2D eigenvalue weighted by Crippen LogP contribution is 2.65. The van der Waals surface area contributed by atoms with Crippen LogP contribution in [-0.4, -0.2) is 11.7 Å². The third-order valence-corrected chi connectivity index (χ3v) is 13.8. The van der Waals surface area contributed by atoms with Crippen LogP contribution in [0.2, 0.25) is 0 Å². The van der Waals surface area contributed by atoms with Crippen molar-refractivity contribution in [2.24, 2.45) is 15.7 Å². The van der Waals surface area contributed by atoms with Crippen molar-refractivity contribution < 1.29 is 4.42 Å². The molecule has 0 fully saturated rings. The van der Waals surface area contributed by atoms with E-state index in [1.807, 2.05) is 61.5 Å². The van der Waals surface area contributed by atoms with Crippen molar-refractivity contribution in [1.29, 1.82) is 0 Å². The smallest absolute Gasteiger partial charge is 0.161 e. The van der Waals surface area contributed by atoms with Crippen molar-refractivity contribution >= 4 is 39.3 Å². The predicted molar refractivity (Wildman–Crippen MR) is 260 cm³/mol. The van der Waals surface area contributed by atoms with Crippen LogP contribution in [0.5, 0.6) is 0 Å². The first kappa shape index (κ1) is 37.2. The maximum Gasteiger partial charge on any atom is 0.161 e. The number of benzene rings is 8. The summed E-state index contributed by atoms with van der Waals surface area (Å²) < 4.78 is 6.17. The SMILES string of the molecule is C/C=C(\N=C(N=C(N)CCCC1Cc2ccc3c(c2-c2ccccc21)-c1ccccc1C31c2ccccc2-c2ccccc21)c1ccc2oc3ccccc3c2c1)c1ccccc1. The van der Waals surface area contributed by atoms with Crippen molar-refractivity contribution in [2.45, 2.75) is 43.9 Å². The molecule has 0 aliphatic heterocycles. The number of allylic oxidation sites excluding steroid dienone is 1. The van der Waals surface area contributed by atoms with Gasteiger partial charge in [0.05, 0.1) is 11.1 Å². The highest BCUT2D eigenvalue weighted by molar-refractivity contribution is 6.13. The summed E-state index contributed by atoms with van der Waals surface area (Å²) in [7, 11) is 0. The molecule has 1 spiro atoms. The Morgan fingerprint density at radius 2 is 1.22 bits per heavy atom. The molecule has 63 heavy (non-hydrogen) atoms. The Balaban J connectivity index is 0.882. The normalized spacial score (nSPS) is 15.8. The van der Waals surface area contributed by atoms with Gasteiger partial charge in [-0.2, -0.15) is 0 Å². The van der Waals surface area contributed by atoms with Gasteiger partial charge in [0, 0.05) is 22.8 Å². The molecule has 3 aliphatic rings. The van der Waals surface area contributed by atoms with Crippen molar-refractivity contribution in [2.75, 3.05) is 0 Å². The van der Waals surface area contributed by atoms with E-state index < -0.39 is 0 Å². The summed E-state index contributed by atoms with van der Waals surface area (Å²) in [6, 6.07) is 65.9. The first-order valence-corrected chi connectivity index (χ1v) is 22.2. The second-order valence-electron chi connectivity index (χ2n) is 17.2. The number of fused-ring (bicyclic) bond motifs is 17. The molecular formula is C59H45N3O. The Morgan fingerprint density at radius 3 is 1.98 bits per heavy atom. The van der Waals surface area contributed by atoms with Gasteiger partial charge < -0.3 is 10.2 Å². The number of hydrogen-bond acceptors (Lipinski definition) is 2. The lowest BCUT2D eigenvalue weighted by atomic mass is 9.69. The molecule has 302 valence electrons. The molecule has 2 N–H and O–H groups in total. The Kier molecular flexibility index (Phi) is 8.75. The fourth-order valence-corrected chi connectivity index (χ4v) is 11.2. The molecule has 1 unspecified atom stereocenters. The highest BCUT2D eigenvalue weighted by atomic mass is 16.3. The van der Waals surface area contributed by atoms with Gasteiger partial charge in [-0.15, -0.1) is 0 Å². The van der Waals surface area contributed by atoms with Gasteiger partial charge in [-0.05, 0) is 129 Å². The minimum absolute atomic E-state index is 0.355. The molecule has 0 bridgehead atoms. The van der Waals surface area contributed by atoms with Crippen molar-refractivity contribution in [3.8, 4) is 33.4 Å². The van der Waals surface area contributed by atoms with Crippen LogP contribution < -0.4 is 5.73 Å². The number of rotatable bonds is 7. The van der Waals surface area contributed by atoms with Gasteiger partial charge in [-0.3, -0.25) is 0 Å². The van der Waals surface area contributed by atoms with Crippen LogP contribution in [0.25, 0.3) is 61.0 Å². The summed E-state index contributed by atoms with van der Waals surface area (Å²) >= 11 is 0. The molecule has 1 atom stereocenters. The quantitative estimate of drug-likeness (QED) is 0.129. The number of aliphatic imine (C=N–C) groups is 2. The number of nitrogens with zero attached hydrogens (tertiary/aromatic N) is 2. The van der Waals surface area contributed by atoms with E-state index in [2.05, 4.69) is 133 Å². The van der Waals surface area contributed by atoms with E-state index in [0.29, 0.717) is 24.0 Å². The van der Waals surface area contributed by atoms with Gasteiger partial charge in [0.25, 0.3) is 0 Å². The van der Waals surface area contributed by atoms with Gasteiger partial charge in [0.15, 0.2) is 5.84 Å². The largest absolute Gasteiger partial charge is 0.456 e. The molecule has 0 saturated heterocycles. The van der Waals surface area contributed by atoms with E-state index in [-0.39, 0.29) is 5.41 Å². The Bertz CT molecular complexity index is 3340. The topological polar surface area (TPSA) is 63.9 Å². The average Bonchev–Trinajstić information content (AvgIpc) is 3.97. The monoisotopic (exact) mass is 811 g/mol. The van der Waals surface area contributed by atoms with Crippen LogP contribution in [-0.2, 0) is 11.8 Å². The molecular weight excluding hydrogens is 767 g/mol. The van der Waals surface area contributed by atoms with Crippen molar-refractivity contribution in [1.82, 2.24) is 0 Å². The minimum Gasteiger partial charge on any atom is -0.456 e. The molecule has 3 aliphatic carbocycles. The van der Waals surface area contributed by atoms with E-state index in [1.165, 1.54) is 66.8 Å². The highest BCUT2D eigenvalue weighted by Gasteiger charge is 2.52. The molecule has 0 amide bonds. The van der Waals surface area contributed by atoms with Crippen LogP contribution in [0.15, 0.2) is 202 Å². The fraction of sp³-hybridized carbons (Fsp3) is 0.119. The van der Waals surface area contributed by atoms with Crippen LogP contribution in [0.4, 0.5) is 0 Å². The number of hydrogen-bond donors (Lipinski definition) is 1. The molecule has 8 aromatic carbocycles.